The molecule has 0 atom stereocenters. The Balaban J connectivity index is 2.02. The minimum absolute atomic E-state index is 0.104. The number of carbonyl (C=O) groups excluding carboxylic acids is 1. The number of Topliss-reactive ketones (excluding diaryl/α,β-unsaturated/α-hetero) is 1. The molecule has 0 amide bonds. The number of rotatable bonds is 7. The summed E-state index contributed by atoms with van der Waals surface area (Å²) >= 11 is 0. The maximum Gasteiger partial charge on any atom is 0.311 e. The van der Waals surface area contributed by atoms with Crippen LogP contribution in [0.5, 0.6) is 5.75 Å². The highest BCUT2D eigenvalue weighted by Gasteiger charge is 2.20. The van der Waals surface area contributed by atoms with Gasteiger partial charge in [0.15, 0.2) is 11.5 Å². The van der Waals surface area contributed by atoms with E-state index in [1.165, 1.54) is 31.4 Å². The lowest BCUT2D eigenvalue weighted by atomic mass is 10.0. The van der Waals surface area contributed by atoms with E-state index in [-0.39, 0.29) is 23.1 Å². The molecule has 1 aliphatic rings. The Hall–Kier alpha value is -1.95. The normalized spacial score (nSPS) is 15.6. The first-order chi connectivity index (χ1) is 11.0. The van der Waals surface area contributed by atoms with E-state index in [1.807, 2.05) is 0 Å². The van der Waals surface area contributed by atoms with E-state index in [0.29, 0.717) is 12.2 Å². The number of hydrogen-bond donors (Lipinski definition) is 0. The number of nitro groups is 1. The summed E-state index contributed by atoms with van der Waals surface area (Å²) in [5.74, 6) is -0.0687. The molecule has 6 heteroatoms. The van der Waals surface area contributed by atoms with E-state index in [1.54, 1.807) is 19.9 Å². The first-order valence-electron chi connectivity index (χ1n) is 8.17. The van der Waals surface area contributed by atoms with Crippen LogP contribution in [0.2, 0.25) is 0 Å². The molecule has 0 aromatic heterocycles. The van der Waals surface area contributed by atoms with Crippen molar-refractivity contribution in [3.8, 4) is 5.75 Å². The van der Waals surface area contributed by atoms with Gasteiger partial charge in [-0.25, -0.2) is 0 Å². The number of nitro benzene ring substituents is 1. The van der Waals surface area contributed by atoms with Gasteiger partial charge in [0.05, 0.1) is 4.92 Å². The summed E-state index contributed by atoms with van der Waals surface area (Å²) in [6.45, 7) is 6.86. The molecule has 1 aliphatic heterocycles. The van der Waals surface area contributed by atoms with Crippen molar-refractivity contribution >= 4 is 11.5 Å². The molecular weight excluding hydrogens is 296 g/mol. The van der Waals surface area contributed by atoms with E-state index < -0.39 is 4.92 Å². The number of piperidine rings is 1. The number of ether oxygens (including phenoxy) is 1. The average Bonchev–Trinajstić information content (AvgIpc) is 2.55. The van der Waals surface area contributed by atoms with Crippen LogP contribution < -0.4 is 4.74 Å². The molecule has 126 valence electrons. The zero-order valence-corrected chi connectivity index (χ0v) is 13.8. The molecule has 1 aromatic rings. The smallest absolute Gasteiger partial charge is 0.311 e. The van der Waals surface area contributed by atoms with Gasteiger partial charge in [-0.15, -0.1) is 0 Å². The number of hydrogen-bond acceptors (Lipinski definition) is 5. The zero-order chi connectivity index (χ0) is 16.8. The van der Waals surface area contributed by atoms with Crippen LogP contribution in [0, 0.1) is 16.0 Å². The van der Waals surface area contributed by atoms with Crippen LogP contribution in [-0.2, 0) is 0 Å². The highest BCUT2D eigenvalue weighted by atomic mass is 16.6. The fraction of sp³-hybridized carbons (Fsp3) is 0.588. The first kappa shape index (κ1) is 17.4. The Labute approximate surface area is 136 Å². The third kappa shape index (κ3) is 4.76. The number of benzene rings is 1. The topological polar surface area (TPSA) is 72.7 Å². The van der Waals surface area contributed by atoms with E-state index in [0.717, 1.165) is 19.6 Å². The van der Waals surface area contributed by atoms with E-state index in [4.69, 9.17) is 4.74 Å². The summed E-state index contributed by atoms with van der Waals surface area (Å²) in [5, 5.41) is 11.2. The number of nitrogens with zero attached hydrogens (tertiary/aromatic N) is 2. The molecule has 0 N–H and O–H groups in total. The molecular formula is C17H24N2O4. The number of ketones is 1. The van der Waals surface area contributed by atoms with Crippen LogP contribution in [0.1, 0.15) is 43.5 Å². The van der Waals surface area contributed by atoms with Crippen LogP contribution in [-0.4, -0.2) is 41.8 Å². The minimum atomic E-state index is -0.493. The van der Waals surface area contributed by atoms with Gasteiger partial charge in [0, 0.05) is 24.1 Å². The van der Waals surface area contributed by atoms with Crippen LogP contribution in [0.4, 0.5) is 5.69 Å². The second-order valence-corrected chi connectivity index (χ2v) is 6.21. The van der Waals surface area contributed by atoms with Crippen molar-refractivity contribution in [2.24, 2.45) is 5.92 Å². The van der Waals surface area contributed by atoms with Crippen molar-refractivity contribution in [3.63, 3.8) is 0 Å². The van der Waals surface area contributed by atoms with Crippen molar-refractivity contribution < 1.29 is 14.5 Å². The molecule has 1 fully saturated rings. The summed E-state index contributed by atoms with van der Waals surface area (Å²) in [7, 11) is 0. The summed E-state index contributed by atoms with van der Waals surface area (Å²) in [6, 6.07) is 4.45. The fourth-order valence-corrected chi connectivity index (χ4v) is 2.74. The van der Waals surface area contributed by atoms with Gasteiger partial charge >= 0.3 is 5.69 Å². The van der Waals surface area contributed by atoms with Gasteiger partial charge < -0.3 is 4.74 Å². The van der Waals surface area contributed by atoms with E-state index >= 15 is 0 Å². The largest absolute Gasteiger partial charge is 0.485 e. The van der Waals surface area contributed by atoms with Crippen molar-refractivity contribution in [1.82, 2.24) is 4.90 Å². The predicted molar refractivity (Wildman–Crippen MR) is 88.1 cm³/mol. The highest BCUT2D eigenvalue weighted by Crippen LogP contribution is 2.29. The molecule has 0 spiro atoms. The lowest BCUT2D eigenvalue weighted by molar-refractivity contribution is -0.385. The van der Waals surface area contributed by atoms with Crippen LogP contribution in [0.25, 0.3) is 0 Å². The fourth-order valence-electron chi connectivity index (χ4n) is 2.74. The quantitative estimate of drug-likeness (QED) is 0.438. The van der Waals surface area contributed by atoms with Crippen molar-refractivity contribution in [2.75, 3.05) is 26.2 Å². The van der Waals surface area contributed by atoms with Gasteiger partial charge in [0.25, 0.3) is 0 Å². The van der Waals surface area contributed by atoms with Crippen LogP contribution in [0.3, 0.4) is 0 Å². The first-order valence-corrected chi connectivity index (χ1v) is 8.17. The molecule has 0 radical (unpaired) electrons. The Morgan fingerprint density at radius 3 is 2.61 bits per heavy atom. The van der Waals surface area contributed by atoms with Gasteiger partial charge in [0.2, 0.25) is 0 Å². The predicted octanol–water partition coefficient (Wildman–Crippen LogP) is 3.30. The van der Waals surface area contributed by atoms with Crippen molar-refractivity contribution in [1.29, 1.82) is 0 Å². The Morgan fingerprint density at radius 1 is 1.30 bits per heavy atom. The summed E-state index contributed by atoms with van der Waals surface area (Å²) in [4.78, 5) is 25.0. The molecule has 0 bridgehead atoms. The maximum atomic E-state index is 12.0. The summed E-state index contributed by atoms with van der Waals surface area (Å²) in [5.41, 5.74) is 0.213. The molecule has 1 saturated heterocycles. The third-order valence-electron chi connectivity index (χ3n) is 4.08. The molecule has 0 aliphatic carbocycles. The molecule has 0 unspecified atom stereocenters. The maximum absolute atomic E-state index is 12.0. The molecule has 2 rings (SSSR count). The molecule has 1 heterocycles. The van der Waals surface area contributed by atoms with Gasteiger partial charge in [-0.2, -0.15) is 0 Å². The second-order valence-electron chi connectivity index (χ2n) is 6.21. The average molecular weight is 320 g/mol. The minimum Gasteiger partial charge on any atom is -0.485 e. The zero-order valence-electron chi connectivity index (χ0n) is 13.8. The molecule has 0 saturated carbocycles. The highest BCUT2D eigenvalue weighted by molar-refractivity contribution is 5.98. The molecule has 23 heavy (non-hydrogen) atoms. The SMILES string of the molecule is CC(C)C(=O)c1ccc(OCCN2CCCCC2)c([N+](=O)[O-])c1. The monoisotopic (exact) mass is 320 g/mol. The molecule has 1 aromatic carbocycles. The van der Waals surface area contributed by atoms with Crippen molar-refractivity contribution in [2.45, 2.75) is 33.1 Å². The van der Waals surface area contributed by atoms with E-state index in [2.05, 4.69) is 4.90 Å². The Morgan fingerprint density at radius 2 is 2.00 bits per heavy atom. The number of likely N-dealkylation sites (tertiary alicyclic amines) is 1. The third-order valence-corrected chi connectivity index (χ3v) is 4.08. The van der Waals surface area contributed by atoms with Gasteiger partial charge in [-0.1, -0.05) is 20.3 Å². The van der Waals surface area contributed by atoms with Crippen LogP contribution in [0.15, 0.2) is 18.2 Å². The second kappa shape index (κ2) is 8.06. The van der Waals surface area contributed by atoms with Crippen molar-refractivity contribution in [3.05, 3.63) is 33.9 Å². The Bertz CT molecular complexity index is 566. The van der Waals surface area contributed by atoms with Gasteiger partial charge in [0.1, 0.15) is 6.61 Å². The molecule has 6 nitrogen and oxygen atoms in total. The van der Waals surface area contributed by atoms with Gasteiger partial charge in [-0.05, 0) is 38.1 Å². The number of carbonyl (C=O) groups is 1. The van der Waals surface area contributed by atoms with Gasteiger partial charge in [-0.3, -0.25) is 19.8 Å². The lowest BCUT2D eigenvalue weighted by Gasteiger charge is -2.26. The van der Waals surface area contributed by atoms with E-state index in [9.17, 15) is 14.9 Å². The lowest BCUT2D eigenvalue weighted by Crippen LogP contribution is -2.33. The Kier molecular flexibility index (Phi) is 6.10. The van der Waals surface area contributed by atoms with Crippen LogP contribution >= 0.6 is 0 Å². The standard InChI is InChI=1S/C17H24N2O4/c1-13(2)17(20)14-6-7-16(15(12-14)19(21)22)23-11-10-18-8-4-3-5-9-18/h6-7,12-13H,3-5,8-11H2,1-2H3. The summed E-state index contributed by atoms with van der Waals surface area (Å²) in [6.07, 6.45) is 3.67. The summed E-state index contributed by atoms with van der Waals surface area (Å²) < 4.78 is 5.60.